The largest absolute Gasteiger partial charge is 0.463 e. The molecular weight excluding hydrogens is 530 g/mol. The molecule has 2 unspecified atom stereocenters. The second kappa shape index (κ2) is 13.6. The third-order valence-corrected chi connectivity index (χ3v) is 9.49. The SMILES string of the molecule is CCCC[C@H](NC(=O)[C@H](Cc1cccc2ccccc12)CS(=O)(=O)C1CCC(OC(C)=O)C1)C(=O)OC(C)(C)C. The Balaban J connectivity index is 1.88. The van der Waals surface area contributed by atoms with Gasteiger partial charge in [-0.05, 0) is 62.8 Å². The number of hydrogen-bond donors (Lipinski definition) is 1. The number of carbonyl (C=O) groups is 3. The summed E-state index contributed by atoms with van der Waals surface area (Å²) < 4.78 is 38.0. The minimum Gasteiger partial charge on any atom is -0.463 e. The number of hydrogen-bond acceptors (Lipinski definition) is 7. The van der Waals surface area contributed by atoms with Crippen LogP contribution in [0.4, 0.5) is 0 Å². The number of nitrogens with one attached hydrogen (secondary N) is 1. The Morgan fingerprint density at radius 1 is 1.05 bits per heavy atom. The van der Waals surface area contributed by atoms with Crippen molar-refractivity contribution in [3.8, 4) is 0 Å². The lowest BCUT2D eigenvalue weighted by Gasteiger charge is -2.26. The maximum Gasteiger partial charge on any atom is 0.329 e. The Morgan fingerprint density at radius 3 is 2.42 bits per heavy atom. The highest BCUT2D eigenvalue weighted by atomic mass is 32.2. The van der Waals surface area contributed by atoms with Crippen LogP contribution in [0.1, 0.15) is 78.7 Å². The number of carbonyl (C=O) groups excluding carboxylic acids is 3. The van der Waals surface area contributed by atoms with Crippen LogP contribution in [0.2, 0.25) is 0 Å². The zero-order valence-corrected chi connectivity index (χ0v) is 25.1. The molecule has 0 spiro atoms. The Hall–Kier alpha value is -2.94. The third-order valence-electron chi connectivity index (χ3n) is 7.18. The fourth-order valence-electron chi connectivity index (χ4n) is 5.27. The molecule has 1 aliphatic rings. The third kappa shape index (κ3) is 9.04. The van der Waals surface area contributed by atoms with E-state index in [0.29, 0.717) is 25.7 Å². The Bertz CT molecular complexity index is 1290. The highest BCUT2D eigenvalue weighted by Crippen LogP contribution is 2.30. The first-order chi connectivity index (χ1) is 18.8. The number of amides is 1. The molecule has 0 aliphatic heterocycles. The molecule has 1 amide bonds. The van der Waals surface area contributed by atoms with E-state index < -0.39 is 56.6 Å². The van der Waals surface area contributed by atoms with Crippen molar-refractivity contribution >= 4 is 38.5 Å². The zero-order valence-electron chi connectivity index (χ0n) is 24.3. The summed E-state index contributed by atoms with van der Waals surface area (Å²) in [4.78, 5) is 38.1. The smallest absolute Gasteiger partial charge is 0.329 e. The van der Waals surface area contributed by atoms with Gasteiger partial charge in [0, 0.05) is 13.3 Å². The van der Waals surface area contributed by atoms with Gasteiger partial charge in [-0.1, -0.05) is 62.2 Å². The summed E-state index contributed by atoms with van der Waals surface area (Å²) in [5, 5.41) is 4.10. The fourth-order valence-corrected chi connectivity index (χ4v) is 7.37. The number of benzene rings is 2. The maximum atomic E-state index is 13.8. The van der Waals surface area contributed by atoms with Crippen molar-refractivity contribution in [3.05, 3.63) is 48.0 Å². The van der Waals surface area contributed by atoms with Crippen molar-refractivity contribution in [3.63, 3.8) is 0 Å². The molecule has 1 N–H and O–H groups in total. The molecule has 0 bridgehead atoms. The van der Waals surface area contributed by atoms with Gasteiger partial charge in [0.15, 0.2) is 9.84 Å². The summed E-state index contributed by atoms with van der Waals surface area (Å²) >= 11 is 0. The second-order valence-corrected chi connectivity index (χ2v) is 14.1. The Morgan fingerprint density at radius 2 is 1.75 bits per heavy atom. The first-order valence-corrected chi connectivity index (χ1v) is 15.9. The molecule has 4 atom stereocenters. The minimum absolute atomic E-state index is 0.196. The van der Waals surface area contributed by atoms with Crippen molar-refractivity contribution in [2.45, 2.75) is 103 Å². The molecule has 0 heterocycles. The molecule has 9 heteroatoms. The number of unbranched alkanes of at least 4 members (excludes halogenated alkanes) is 1. The zero-order chi connectivity index (χ0) is 29.5. The summed E-state index contributed by atoms with van der Waals surface area (Å²) in [5.41, 5.74) is 0.138. The van der Waals surface area contributed by atoms with Gasteiger partial charge >= 0.3 is 11.9 Å². The molecule has 3 rings (SSSR count). The van der Waals surface area contributed by atoms with E-state index in [4.69, 9.17) is 9.47 Å². The van der Waals surface area contributed by atoms with Gasteiger partial charge in [-0.2, -0.15) is 0 Å². The van der Waals surface area contributed by atoms with Gasteiger partial charge in [0.2, 0.25) is 5.91 Å². The van der Waals surface area contributed by atoms with Crippen LogP contribution in [0.15, 0.2) is 42.5 Å². The van der Waals surface area contributed by atoms with E-state index in [1.807, 2.05) is 49.4 Å². The molecule has 1 aliphatic carbocycles. The molecule has 1 saturated carbocycles. The standard InChI is InChI=1S/C31H43NO7S/c1-6-7-15-28(30(35)39-31(3,4)5)32-29(34)24(18-23-13-10-12-22-11-8-9-14-27(22)23)20-40(36,37)26-17-16-25(19-26)38-21(2)33/h8-14,24-26,28H,6-7,15-20H2,1-5H3,(H,32,34)/t24-,25?,26?,28+/m1/s1. The average Bonchev–Trinajstić information content (AvgIpc) is 3.34. The van der Waals surface area contributed by atoms with Crippen molar-refractivity contribution in [2.75, 3.05) is 5.75 Å². The van der Waals surface area contributed by atoms with Crippen molar-refractivity contribution in [1.29, 1.82) is 0 Å². The van der Waals surface area contributed by atoms with E-state index in [-0.39, 0.29) is 18.6 Å². The van der Waals surface area contributed by atoms with Crippen LogP contribution in [0.25, 0.3) is 10.8 Å². The first kappa shape index (κ1) is 31.6. The number of sulfone groups is 1. The molecule has 2 aromatic rings. The van der Waals surface area contributed by atoms with Gasteiger partial charge in [0.1, 0.15) is 17.7 Å². The fraction of sp³-hybridized carbons (Fsp3) is 0.581. The lowest BCUT2D eigenvalue weighted by atomic mass is 9.95. The maximum absolute atomic E-state index is 13.8. The summed E-state index contributed by atoms with van der Waals surface area (Å²) in [5.74, 6) is -2.74. The predicted molar refractivity (Wildman–Crippen MR) is 155 cm³/mol. The molecule has 40 heavy (non-hydrogen) atoms. The van der Waals surface area contributed by atoms with Gasteiger partial charge in [-0.15, -0.1) is 0 Å². The van der Waals surface area contributed by atoms with Crippen LogP contribution >= 0.6 is 0 Å². The van der Waals surface area contributed by atoms with E-state index in [2.05, 4.69) is 5.32 Å². The molecule has 2 aromatic carbocycles. The monoisotopic (exact) mass is 573 g/mol. The van der Waals surface area contributed by atoms with Crippen LogP contribution in [0, 0.1) is 5.92 Å². The van der Waals surface area contributed by atoms with E-state index in [1.54, 1.807) is 20.8 Å². The van der Waals surface area contributed by atoms with E-state index in [9.17, 15) is 22.8 Å². The Labute approximate surface area is 238 Å². The van der Waals surface area contributed by atoms with Crippen LogP contribution in [-0.2, 0) is 40.1 Å². The van der Waals surface area contributed by atoms with Gasteiger partial charge in [0.05, 0.1) is 16.9 Å². The molecular formula is C31H43NO7S. The summed E-state index contributed by atoms with van der Waals surface area (Å²) in [7, 11) is -3.72. The number of rotatable bonds is 12. The van der Waals surface area contributed by atoms with Crippen LogP contribution in [0.3, 0.4) is 0 Å². The molecule has 8 nitrogen and oxygen atoms in total. The summed E-state index contributed by atoms with van der Waals surface area (Å²) in [6.45, 7) is 8.61. The molecule has 0 radical (unpaired) electrons. The molecule has 0 aromatic heterocycles. The van der Waals surface area contributed by atoms with Gasteiger partial charge in [-0.25, -0.2) is 13.2 Å². The van der Waals surface area contributed by atoms with Crippen molar-refractivity contribution in [2.24, 2.45) is 5.92 Å². The first-order valence-electron chi connectivity index (χ1n) is 14.2. The number of fused-ring (bicyclic) bond motifs is 1. The number of ether oxygens (including phenoxy) is 2. The lowest BCUT2D eigenvalue weighted by Crippen LogP contribution is -2.48. The van der Waals surface area contributed by atoms with Crippen LogP contribution < -0.4 is 5.32 Å². The van der Waals surface area contributed by atoms with Gasteiger partial charge in [0.25, 0.3) is 0 Å². The highest BCUT2D eigenvalue weighted by Gasteiger charge is 2.39. The molecule has 0 saturated heterocycles. The average molecular weight is 574 g/mol. The predicted octanol–water partition coefficient (Wildman–Crippen LogP) is 4.91. The van der Waals surface area contributed by atoms with E-state index in [0.717, 1.165) is 22.8 Å². The Kier molecular flexibility index (Phi) is 10.8. The lowest BCUT2D eigenvalue weighted by molar-refractivity contribution is -0.159. The molecule has 1 fully saturated rings. The second-order valence-electron chi connectivity index (χ2n) is 11.8. The normalized spacial score (nSPS) is 19.1. The topological polar surface area (TPSA) is 116 Å². The number of esters is 2. The van der Waals surface area contributed by atoms with Crippen molar-refractivity contribution in [1.82, 2.24) is 5.32 Å². The molecule has 220 valence electrons. The van der Waals surface area contributed by atoms with E-state index >= 15 is 0 Å². The highest BCUT2D eigenvalue weighted by molar-refractivity contribution is 7.92. The van der Waals surface area contributed by atoms with Gasteiger partial charge in [-0.3, -0.25) is 9.59 Å². The van der Waals surface area contributed by atoms with E-state index in [1.165, 1.54) is 6.92 Å². The summed E-state index contributed by atoms with van der Waals surface area (Å²) in [6.07, 6.45) is 2.76. The quantitative estimate of drug-likeness (QED) is 0.359. The van der Waals surface area contributed by atoms with Crippen LogP contribution in [-0.4, -0.2) is 55.0 Å². The minimum atomic E-state index is -3.72. The van der Waals surface area contributed by atoms with Crippen LogP contribution in [0.5, 0.6) is 0 Å². The van der Waals surface area contributed by atoms with Crippen molar-refractivity contribution < 1.29 is 32.3 Å². The summed E-state index contributed by atoms with van der Waals surface area (Å²) in [6, 6.07) is 12.7. The van der Waals surface area contributed by atoms with Gasteiger partial charge < -0.3 is 14.8 Å².